The van der Waals surface area contributed by atoms with Gasteiger partial charge in [0.15, 0.2) is 0 Å². The summed E-state index contributed by atoms with van der Waals surface area (Å²) in [6.07, 6.45) is 0. The van der Waals surface area contributed by atoms with Gasteiger partial charge >= 0.3 is 0 Å². The average molecular weight is 262 g/mol. The van der Waals surface area contributed by atoms with E-state index in [2.05, 4.69) is 8.37 Å². The van der Waals surface area contributed by atoms with Crippen LogP contribution in [-0.2, 0) is 28.6 Å². The molecule has 0 heterocycles. The van der Waals surface area contributed by atoms with Gasteiger partial charge in [-0.1, -0.05) is 0 Å². The molecule has 0 aliphatic carbocycles. The van der Waals surface area contributed by atoms with E-state index >= 15 is 0 Å². The van der Waals surface area contributed by atoms with Crippen molar-refractivity contribution in [1.82, 2.24) is 0 Å². The molecule has 0 radical (unpaired) electrons. The van der Waals surface area contributed by atoms with Gasteiger partial charge in [0.1, 0.15) is 0 Å². The molecule has 0 aromatic carbocycles. The number of hydrogen-bond donors (Lipinski definition) is 1. The quantitative estimate of drug-likeness (QED) is 0.588. The minimum atomic E-state index is -4.37. The third-order valence-electron chi connectivity index (χ3n) is 1.36. The molecule has 0 aromatic heterocycles. The van der Waals surface area contributed by atoms with Gasteiger partial charge in [0.2, 0.25) is 4.58 Å². The van der Waals surface area contributed by atoms with E-state index in [0.717, 1.165) is 0 Å². The molecule has 7 nitrogen and oxygen atoms in total. The second-order valence-corrected chi connectivity index (χ2v) is 6.29. The minimum Gasteiger partial charge on any atom is -0.394 e. The second kappa shape index (κ2) is 5.75. The predicted molar refractivity (Wildman–Crippen MR) is 52.0 cm³/mol. The lowest BCUT2D eigenvalue weighted by Gasteiger charge is -2.14. The minimum absolute atomic E-state index is 0.208. The van der Waals surface area contributed by atoms with Crippen molar-refractivity contribution in [3.05, 3.63) is 0 Å². The Morgan fingerprint density at radius 3 is 1.53 bits per heavy atom. The summed E-state index contributed by atoms with van der Waals surface area (Å²) in [5.41, 5.74) is 0. The van der Waals surface area contributed by atoms with Crippen LogP contribution in [0.25, 0.3) is 0 Å². The van der Waals surface area contributed by atoms with E-state index < -0.39 is 31.4 Å². The Labute approximate surface area is 89.3 Å². The molecule has 0 aliphatic rings. The van der Waals surface area contributed by atoms with Crippen LogP contribution in [0.5, 0.6) is 0 Å². The summed E-state index contributed by atoms with van der Waals surface area (Å²) in [6.45, 7) is 1.25. The molecular weight excluding hydrogens is 248 g/mol. The van der Waals surface area contributed by atoms with Crippen molar-refractivity contribution >= 4 is 20.2 Å². The van der Waals surface area contributed by atoms with E-state index in [-0.39, 0.29) is 13.2 Å². The highest BCUT2D eigenvalue weighted by Gasteiger charge is 2.38. The first kappa shape index (κ1) is 14.8. The van der Waals surface area contributed by atoms with Crippen LogP contribution < -0.4 is 0 Å². The molecular formula is C6H14O7S2. The van der Waals surface area contributed by atoms with Gasteiger partial charge in [0.25, 0.3) is 20.2 Å². The van der Waals surface area contributed by atoms with Crippen LogP contribution in [0.4, 0.5) is 0 Å². The van der Waals surface area contributed by atoms with E-state index in [0.29, 0.717) is 0 Å². The van der Waals surface area contributed by atoms with Crippen LogP contribution in [0, 0.1) is 0 Å². The lowest BCUT2D eigenvalue weighted by molar-refractivity contribution is 0.272. The van der Waals surface area contributed by atoms with Crippen molar-refractivity contribution in [3.8, 4) is 0 Å². The van der Waals surface area contributed by atoms with E-state index in [1.807, 2.05) is 0 Å². The third kappa shape index (κ3) is 4.03. The lowest BCUT2D eigenvalue weighted by atomic mass is 10.9. The summed E-state index contributed by atoms with van der Waals surface area (Å²) >= 11 is 0. The third-order valence-corrected chi connectivity index (χ3v) is 5.49. The van der Waals surface area contributed by atoms with Crippen LogP contribution in [0.15, 0.2) is 0 Å². The Hall–Kier alpha value is -0.220. The van der Waals surface area contributed by atoms with E-state index in [9.17, 15) is 16.8 Å². The first-order chi connectivity index (χ1) is 6.81. The van der Waals surface area contributed by atoms with Crippen molar-refractivity contribution in [2.45, 2.75) is 18.4 Å². The smallest absolute Gasteiger partial charge is 0.289 e. The average Bonchev–Trinajstić information content (AvgIpc) is 2.02. The van der Waals surface area contributed by atoms with Crippen molar-refractivity contribution in [1.29, 1.82) is 0 Å². The number of aliphatic hydroxyl groups is 1. The molecule has 0 spiro atoms. The summed E-state index contributed by atoms with van der Waals surface area (Å²) < 4.78 is 51.4. The van der Waals surface area contributed by atoms with Crippen LogP contribution in [-0.4, -0.2) is 46.3 Å². The number of rotatable bonds is 7. The van der Waals surface area contributed by atoms with E-state index in [1.165, 1.54) is 13.8 Å². The molecule has 0 unspecified atom stereocenters. The van der Waals surface area contributed by atoms with Crippen molar-refractivity contribution in [2.24, 2.45) is 0 Å². The van der Waals surface area contributed by atoms with Gasteiger partial charge in [0.05, 0.1) is 19.8 Å². The fourth-order valence-electron chi connectivity index (χ4n) is 0.807. The Morgan fingerprint density at radius 1 is 1.00 bits per heavy atom. The molecule has 92 valence electrons. The second-order valence-electron chi connectivity index (χ2n) is 2.41. The van der Waals surface area contributed by atoms with Crippen molar-refractivity contribution in [2.75, 3.05) is 19.8 Å². The van der Waals surface area contributed by atoms with Gasteiger partial charge in [-0.15, -0.1) is 0 Å². The topological polar surface area (TPSA) is 107 Å². The van der Waals surface area contributed by atoms with Gasteiger partial charge in [-0.25, -0.2) is 0 Å². The first-order valence-corrected chi connectivity index (χ1v) is 7.13. The molecule has 0 aliphatic heterocycles. The summed E-state index contributed by atoms with van der Waals surface area (Å²) in [7, 11) is -8.73. The van der Waals surface area contributed by atoms with Crippen LogP contribution in [0.2, 0.25) is 0 Å². The standard InChI is InChI=1S/C6H14O7S2/c1-3-12-14(8,9)6(5-7)15(10,11)13-4-2/h6-7H,3-5H2,1-2H3. The van der Waals surface area contributed by atoms with Crippen LogP contribution in [0.1, 0.15) is 13.8 Å². The molecule has 15 heavy (non-hydrogen) atoms. The monoisotopic (exact) mass is 262 g/mol. The predicted octanol–water partition coefficient (Wildman–Crippen LogP) is -0.963. The van der Waals surface area contributed by atoms with E-state index in [4.69, 9.17) is 5.11 Å². The molecule has 0 amide bonds. The molecule has 1 N–H and O–H groups in total. The highest BCUT2D eigenvalue weighted by Crippen LogP contribution is 2.13. The Balaban J connectivity index is 5.09. The van der Waals surface area contributed by atoms with Gasteiger partial charge in [-0.05, 0) is 13.8 Å². The molecule has 0 atom stereocenters. The maximum Gasteiger partial charge on any atom is 0.289 e. The normalized spacial score (nSPS) is 13.3. The highest BCUT2D eigenvalue weighted by molar-refractivity contribution is 8.04. The number of hydrogen-bond acceptors (Lipinski definition) is 7. The first-order valence-electron chi connectivity index (χ1n) is 4.19. The fraction of sp³-hybridized carbons (Fsp3) is 1.00. The molecule has 0 bridgehead atoms. The van der Waals surface area contributed by atoms with Crippen molar-refractivity contribution < 1.29 is 30.3 Å². The fourth-order valence-corrected chi connectivity index (χ4v) is 3.62. The van der Waals surface area contributed by atoms with E-state index in [1.54, 1.807) is 0 Å². The Morgan fingerprint density at radius 2 is 1.33 bits per heavy atom. The molecule has 0 fully saturated rings. The van der Waals surface area contributed by atoms with Gasteiger partial charge in [-0.2, -0.15) is 16.8 Å². The summed E-state index contributed by atoms with van der Waals surface area (Å²) in [6, 6.07) is 0. The number of aliphatic hydroxyl groups excluding tert-OH is 1. The van der Waals surface area contributed by atoms with Gasteiger partial charge < -0.3 is 5.11 Å². The zero-order valence-electron chi connectivity index (χ0n) is 8.41. The molecule has 0 aromatic rings. The SMILES string of the molecule is CCOS(=O)(=O)C(CO)S(=O)(=O)OCC. The zero-order chi connectivity index (χ0) is 12.1. The summed E-state index contributed by atoms with van der Waals surface area (Å²) in [5, 5.41) is 8.73. The Bertz CT molecular complexity index is 332. The maximum absolute atomic E-state index is 11.2. The largest absolute Gasteiger partial charge is 0.394 e. The molecule has 0 rings (SSSR count). The van der Waals surface area contributed by atoms with Gasteiger partial charge in [-0.3, -0.25) is 8.37 Å². The van der Waals surface area contributed by atoms with Crippen molar-refractivity contribution in [3.63, 3.8) is 0 Å². The van der Waals surface area contributed by atoms with Crippen LogP contribution >= 0.6 is 0 Å². The van der Waals surface area contributed by atoms with Crippen LogP contribution in [0.3, 0.4) is 0 Å². The zero-order valence-corrected chi connectivity index (χ0v) is 10.0. The highest BCUT2D eigenvalue weighted by atomic mass is 32.3. The summed E-state index contributed by atoms with van der Waals surface area (Å²) in [5.74, 6) is 0. The molecule has 9 heteroatoms. The molecule has 0 saturated heterocycles. The lowest BCUT2D eigenvalue weighted by Crippen LogP contribution is -2.36. The maximum atomic E-state index is 11.2. The molecule has 0 saturated carbocycles. The van der Waals surface area contributed by atoms with Gasteiger partial charge in [0, 0.05) is 0 Å². The Kier molecular flexibility index (Phi) is 5.67. The summed E-state index contributed by atoms with van der Waals surface area (Å²) in [4.78, 5) is 0.